The van der Waals surface area contributed by atoms with Crippen LogP contribution in [0.1, 0.15) is 35.2 Å². The Morgan fingerprint density at radius 2 is 1.52 bits per heavy atom. The van der Waals surface area contributed by atoms with Crippen molar-refractivity contribution in [3.05, 3.63) is 76.4 Å². The average molecular weight is 365 g/mol. The molecule has 5 heteroatoms. The highest BCUT2D eigenvalue weighted by Crippen LogP contribution is 2.39. The second-order valence-electron chi connectivity index (χ2n) is 7.08. The van der Waals surface area contributed by atoms with Crippen LogP contribution in [0.25, 0.3) is 5.76 Å². The highest BCUT2D eigenvalue weighted by atomic mass is 16.3. The summed E-state index contributed by atoms with van der Waals surface area (Å²) in [7, 11) is 0. The van der Waals surface area contributed by atoms with Crippen LogP contribution >= 0.6 is 0 Å². The first-order valence-electron chi connectivity index (χ1n) is 8.89. The van der Waals surface area contributed by atoms with Gasteiger partial charge in [0.25, 0.3) is 11.7 Å². The molecular weight excluding hydrogens is 342 g/mol. The minimum Gasteiger partial charge on any atom is -0.507 e. The summed E-state index contributed by atoms with van der Waals surface area (Å²) in [6.45, 7) is 5.44. The molecule has 3 rings (SSSR count). The zero-order valence-electron chi connectivity index (χ0n) is 15.6. The van der Waals surface area contributed by atoms with Crippen LogP contribution in [0.3, 0.4) is 0 Å². The molecule has 5 nitrogen and oxygen atoms in total. The molecule has 1 saturated heterocycles. The summed E-state index contributed by atoms with van der Waals surface area (Å²) in [5, 5.41) is 20.7. The number of likely N-dealkylation sites (tertiary alicyclic amines) is 1. The van der Waals surface area contributed by atoms with Crippen LogP contribution in [0, 0.1) is 13.8 Å². The number of aliphatic hydroxyl groups excluding tert-OH is 2. The molecule has 0 bridgehead atoms. The number of carbonyl (C=O) groups excluding carboxylic acids is 2. The van der Waals surface area contributed by atoms with E-state index in [2.05, 4.69) is 0 Å². The number of aliphatic hydroxyl groups is 2. The smallest absolute Gasteiger partial charge is 0.295 e. The lowest BCUT2D eigenvalue weighted by Gasteiger charge is -2.26. The van der Waals surface area contributed by atoms with Crippen molar-refractivity contribution in [3.63, 3.8) is 0 Å². The summed E-state index contributed by atoms with van der Waals surface area (Å²) >= 11 is 0. The number of aryl methyl sites for hydroxylation is 2. The molecule has 0 aliphatic carbocycles. The minimum atomic E-state index is -0.796. The number of nitrogens with zero attached hydrogens (tertiary/aromatic N) is 1. The van der Waals surface area contributed by atoms with E-state index in [1.165, 1.54) is 4.90 Å². The maximum absolute atomic E-state index is 12.7. The van der Waals surface area contributed by atoms with Crippen LogP contribution in [-0.2, 0) is 9.59 Å². The molecule has 2 aromatic rings. The fourth-order valence-electron chi connectivity index (χ4n) is 3.32. The van der Waals surface area contributed by atoms with Crippen molar-refractivity contribution in [2.75, 3.05) is 6.54 Å². The molecule has 2 aromatic carbocycles. The molecule has 2 atom stereocenters. The molecule has 0 radical (unpaired) electrons. The minimum absolute atomic E-state index is 0.00773. The molecule has 140 valence electrons. The van der Waals surface area contributed by atoms with Gasteiger partial charge in [-0.05, 0) is 26.3 Å². The van der Waals surface area contributed by atoms with Crippen molar-refractivity contribution in [3.8, 4) is 0 Å². The molecule has 1 fully saturated rings. The topological polar surface area (TPSA) is 77.8 Å². The van der Waals surface area contributed by atoms with Crippen molar-refractivity contribution in [2.24, 2.45) is 0 Å². The number of β-amino-alcohol motifs (C(OH)–C–C–N with tert-alkyl or cyclic N) is 1. The lowest BCUT2D eigenvalue weighted by atomic mass is 9.94. The van der Waals surface area contributed by atoms with Gasteiger partial charge in [0.1, 0.15) is 5.76 Å². The van der Waals surface area contributed by atoms with E-state index in [4.69, 9.17) is 0 Å². The monoisotopic (exact) mass is 365 g/mol. The van der Waals surface area contributed by atoms with E-state index < -0.39 is 23.8 Å². The molecule has 1 aliphatic rings. The average Bonchev–Trinajstić information content (AvgIpc) is 2.87. The van der Waals surface area contributed by atoms with Crippen molar-refractivity contribution in [1.29, 1.82) is 0 Å². The first-order valence-corrected chi connectivity index (χ1v) is 8.89. The van der Waals surface area contributed by atoms with Gasteiger partial charge in [-0.2, -0.15) is 0 Å². The van der Waals surface area contributed by atoms with E-state index in [1.54, 1.807) is 19.1 Å². The quantitative estimate of drug-likeness (QED) is 0.496. The number of Topliss-reactive ketones (excluding diaryl/α,β-unsaturated/α-hetero) is 1. The van der Waals surface area contributed by atoms with Crippen LogP contribution in [0.4, 0.5) is 0 Å². The highest BCUT2D eigenvalue weighted by Gasteiger charge is 2.46. The van der Waals surface area contributed by atoms with Crippen LogP contribution < -0.4 is 0 Å². The Morgan fingerprint density at radius 3 is 2.04 bits per heavy atom. The van der Waals surface area contributed by atoms with Crippen LogP contribution in [0.2, 0.25) is 0 Å². The summed E-state index contributed by atoms with van der Waals surface area (Å²) < 4.78 is 0. The number of hydrogen-bond donors (Lipinski definition) is 2. The summed E-state index contributed by atoms with van der Waals surface area (Å²) in [6, 6.07) is 13.8. The van der Waals surface area contributed by atoms with Gasteiger partial charge in [0.05, 0.1) is 17.7 Å². The van der Waals surface area contributed by atoms with E-state index >= 15 is 0 Å². The van der Waals surface area contributed by atoms with Gasteiger partial charge < -0.3 is 15.1 Å². The number of hydrogen-bond acceptors (Lipinski definition) is 4. The Kier molecular flexibility index (Phi) is 5.15. The second-order valence-corrected chi connectivity index (χ2v) is 7.08. The van der Waals surface area contributed by atoms with E-state index in [1.807, 2.05) is 50.2 Å². The Bertz CT molecular complexity index is 895. The molecule has 1 heterocycles. The van der Waals surface area contributed by atoms with Crippen molar-refractivity contribution in [1.82, 2.24) is 4.90 Å². The molecule has 1 aliphatic heterocycles. The van der Waals surface area contributed by atoms with E-state index in [-0.39, 0.29) is 17.9 Å². The normalized spacial score (nSPS) is 20.1. The van der Waals surface area contributed by atoms with Crippen LogP contribution in [0.15, 0.2) is 54.1 Å². The maximum atomic E-state index is 12.7. The van der Waals surface area contributed by atoms with E-state index in [0.29, 0.717) is 11.1 Å². The number of carbonyl (C=O) groups is 2. The van der Waals surface area contributed by atoms with E-state index in [0.717, 1.165) is 11.1 Å². The summed E-state index contributed by atoms with van der Waals surface area (Å²) in [6.07, 6.45) is -0.796. The lowest BCUT2D eigenvalue weighted by molar-refractivity contribution is -0.140. The Morgan fingerprint density at radius 1 is 1.00 bits per heavy atom. The molecule has 0 unspecified atom stereocenters. The molecule has 0 aromatic heterocycles. The predicted molar refractivity (Wildman–Crippen MR) is 103 cm³/mol. The number of rotatable bonds is 4. The Labute approximate surface area is 158 Å². The first kappa shape index (κ1) is 18.9. The van der Waals surface area contributed by atoms with Gasteiger partial charge in [-0.25, -0.2) is 0 Å². The number of ketones is 1. The fourth-order valence-corrected chi connectivity index (χ4v) is 3.32. The van der Waals surface area contributed by atoms with E-state index in [9.17, 15) is 19.8 Å². The third kappa shape index (κ3) is 3.64. The van der Waals surface area contributed by atoms with Crippen LogP contribution in [-0.4, -0.2) is 39.5 Å². The zero-order chi connectivity index (χ0) is 19.7. The van der Waals surface area contributed by atoms with Gasteiger partial charge >= 0.3 is 0 Å². The Balaban J connectivity index is 2.17. The molecule has 0 saturated carbocycles. The zero-order valence-corrected chi connectivity index (χ0v) is 15.6. The Hall–Kier alpha value is -2.92. The third-order valence-corrected chi connectivity index (χ3v) is 4.72. The van der Waals surface area contributed by atoms with Gasteiger partial charge in [-0.15, -0.1) is 0 Å². The summed E-state index contributed by atoms with van der Waals surface area (Å²) in [4.78, 5) is 26.7. The summed E-state index contributed by atoms with van der Waals surface area (Å²) in [5.74, 6) is -1.65. The lowest BCUT2D eigenvalue weighted by Crippen LogP contribution is -2.35. The molecule has 1 amide bonds. The predicted octanol–water partition coefficient (Wildman–Crippen LogP) is 3.11. The van der Waals surface area contributed by atoms with Gasteiger partial charge in [-0.3, -0.25) is 9.59 Å². The van der Waals surface area contributed by atoms with Crippen LogP contribution in [0.5, 0.6) is 0 Å². The molecular formula is C22H23NO4. The highest BCUT2D eigenvalue weighted by molar-refractivity contribution is 6.46. The number of benzene rings is 2. The first-order chi connectivity index (χ1) is 12.8. The largest absolute Gasteiger partial charge is 0.507 e. The summed E-state index contributed by atoms with van der Waals surface area (Å²) in [5.41, 5.74) is 3.32. The number of amides is 1. The SMILES string of the molecule is Cc1ccc(C(O)=C2C(=O)C(=O)N(C[C@@H](C)O)[C@H]2c2ccc(C)cc2)cc1. The van der Waals surface area contributed by atoms with Gasteiger partial charge in [0.15, 0.2) is 0 Å². The second kappa shape index (κ2) is 7.37. The fraction of sp³-hybridized carbons (Fsp3) is 0.273. The van der Waals surface area contributed by atoms with Gasteiger partial charge in [-0.1, -0.05) is 59.7 Å². The van der Waals surface area contributed by atoms with Crippen molar-refractivity contribution in [2.45, 2.75) is 32.9 Å². The van der Waals surface area contributed by atoms with Crippen molar-refractivity contribution < 1.29 is 19.8 Å². The third-order valence-electron chi connectivity index (χ3n) is 4.72. The molecule has 27 heavy (non-hydrogen) atoms. The van der Waals surface area contributed by atoms with Crippen molar-refractivity contribution >= 4 is 17.4 Å². The molecule has 2 N–H and O–H groups in total. The van der Waals surface area contributed by atoms with Gasteiger partial charge in [0.2, 0.25) is 0 Å². The molecule has 0 spiro atoms. The maximum Gasteiger partial charge on any atom is 0.295 e. The van der Waals surface area contributed by atoms with Gasteiger partial charge in [0, 0.05) is 12.1 Å². The standard InChI is InChI=1S/C22H23NO4/c1-13-4-8-16(9-5-13)19-18(20(25)17-10-6-14(2)7-11-17)21(26)22(27)23(19)12-15(3)24/h4-11,15,19,24-25H,12H2,1-3H3/t15-,19+/m1/s1.